The number of ether oxygens (including phenoxy) is 1. The van der Waals surface area contributed by atoms with E-state index in [1.54, 1.807) is 11.9 Å². The molecular formula is C28H37N5O2Si. The topological polar surface area (TPSA) is 76.0 Å². The van der Waals surface area contributed by atoms with Crippen molar-refractivity contribution in [1.82, 2.24) is 19.7 Å². The normalized spacial score (nSPS) is 12.3. The summed E-state index contributed by atoms with van der Waals surface area (Å²) < 4.78 is 7.49. The van der Waals surface area contributed by atoms with Gasteiger partial charge in [0.05, 0.1) is 14.3 Å². The molecule has 4 rings (SSSR count). The van der Waals surface area contributed by atoms with E-state index in [0.29, 0.717) is 0 Å². The third-order valence-electron chi connectivity index (χ3n) is 6.55. The predicted octanol–water partition coefficient (Wildman–Crippen LogP) is 6.16. The van der Waals surface area contributed by atoms with Crippen molar-refractivity contribution in [2.75, 3.05) is 11.9 Å². The Kier molecular flexibility index (Phi) is 6.37. The second-order valence-corrected chi connectivity index (χ2v) is 16.5. The van der Waals surface area contributed by atoms with Gasteiger partial charge in [0.25, 0.3) is 0 Å². The van der Waals surface area contributed by atoms with E-state index in [2.05, 4.69) is 55.7 Å². The van der Waals surface area contributed by atoms with Crippen LogP contribution in [-0.4, -0.2) is 46.6 Å². The van der Waals surface area contributed by atoms with Crippen molar-refractivity contribution in [2.45, 2.75) is 59.9 Å². The van der Waals surface area contributed by atoms with Gasteiger partial charge in [-0.1, -0.05) is 31.8 Å². The van der Waals surface area contributed by atoms with Crippen molar-refractivity contribution in [2.24, 2.45) is 7.05 Å². The van der Waals surface area contributed by atoms with E-state index in [1.165, 1.54) is 5.32 Å². The number of carbonyl (C=O) groups is 1. The number of amides is 1. The van der Waals surface area contributed by atoms with Gasteiger partial charge in [-0.25, -0.2) is 9.78 Å². The van der Waals surface area contributed by atoms with Crippen LogP contribution < -0.4 is 10.2 Å². The molecule has 0 aliphatic heterocycles. The van der Waals surface area contributed by atoms with Crippen molar-refractivity contribution in [3.63, 3.8) is 0 Å². The minimum Gasteiger partial charge on any atom is -0.443 e. The van der Waals surface area contributed by atoms with Gasteiger partial charge in [-0.3, -0.25) is 9.58 Å². The summed E-state index contributed by atoms with van der Waals surface area (Å²) in [4.78, 5) is 22.9. The van der Waals surface area contributed by atoms with Gasteiger partial charge in [0, 0.05) is 59.1 Å². The van der Waals surface area contributed by atoms with Crippen LogP contribution in [0.5, 0.6) is 0 Å². The number of nitrogens with one attached hydrogen (secondary N) is 1. The molecule has 1 N–H and O–H groups in total. The fourth-order valence-corrected chi connectivity index (χ4v) is 6.01. The van der Waals surface area contributed by atoms with Crippen LogP contribution in [0.25, 0.3) is 33.3 Å². The van der Waals surface area contributed by atoms with E-state index in [9.17, 15) is 4.79 Å². The third kappa shape index (κ3) is 4.69. The monoisotopic (exact) mass is 503 g/mol. The molecule has 3 heterocycles. The molecule has 0 saturated carbocycles. The lowest BCUT2D eigenvalue weighted by Gasteiger charge is -2.25. The zero-order chi connectivity index (χ0) is 26.6. The maximum atomic E-state index is 12.8. The molecule has 3 aromatic heterocycles. The number of nitrogens with zero attached hydrogens (tertiary/aromatic N) is 4. The lowest BCUT2D eigenvalue weighted by atomic mass is 9.97. The summed E-state index contributed by atoms with van der Waals surface area (Å²) in [5.41, 5.74) is 7.75. The lowest BCUT2D eigenvalue weighted by molar-refractivity contribution is 0.0589. The van der Waals surface area contributed by atoms with E-state index in [-0.39, 0.29) is 6.09 Å². The molecule has 0 aliphatic carbocycles. The van der Waals surface area contributed by atoms with Crippen LogP contribution in [0.15, 0.2) is 36.7 Å². The Labute approximate surface area is 214 Å². The summed E-state index contributed by atoms with van der Waals surface area (Å²) in [6.07, 6.45) is 3.48. The highest BCUT2D eigenvalue weighted by atomic mass is 28.3. The zero-order valence-electron chi connectivity index (χ0n) is 23.1. The van der Waals surface area contributed by atoms with E-state index < -0.39 is 13.7 Å². The molecule has 0 unspecified atom stereocenters. The Morgan fingerprint density at radius 3 is 2.39 bits per heavy atom. The number of anilines is 1. The number of H-pyrrole nitrogens is 1. The second-order valence-electron chi connectivity index (χ2n) is 11.5. The molecular weight excluding hydrogens is 466 g/mol. The fourth-order valence-electron chi connectivity index (χ4n) is 4.50. The Morgan fingerprint density at radius 2 is 1.81 bits per heavy atom. The number of hydrogen-bond acceptors (Lipinski definition) is 4. The van der Waals surface area contributed by atoms with Gasteiger partial charge < -0.3 is 9.72 Å². The van der Waals surface area contributed by atoms with Crippen molar-refractivity contribution in [3.05, 3.63) is 47.9 Å². The van der Waals surface area contributed by atoms with Gasteiger partial charge >= 0.3 is 6.09 Å². The fraction of sp³-hybridized carbons (Fsp3) is 0.393. The van der Waals surface area contributed by atoms with Crippen molar-refractivity contribution < 1.29 is 9.53 Å². The molecule has 1 amide bonds. The van der Waals surface area contributed by atoms with E-state index >= 15 is 0 Å². The Balaban J connectivity index is 1.93. The van der Waals surface area contributed by atoms with Crippen LogP contribution in [0.2, 0.25) is 19.6 Å². The molecule has 4 aromatic rings. The second kappa shape index (κ2) is 8.92. The van der Waals surface area contributed by atoms with Gasteiger partial charge in [0.1, 0.15) is 11.2 Å². The van der Waals surface area contributed by atoms with Crippen molar-refractivity contribution in [3.8, 4) is 22.3 Å². The first-order chi connectivity index (χ1) is 16.7. The van der Waals surface area contributed by atoms with E-state index in [4.69, 9.17) is 9.72 Å². The summed E-state index contributed by atoms with van der Waals surface area (Å²) in [6.45, 7) is 16.9. The molecule has 0 spiro atoms. The SMILES string of the molecule is Cc1c(-c2cnn(C)c2C)cnc2[nH]c([Si](C)(C)C)c(-c3cccc(N(C)C(=O)OC(C)(C)C)c3)c12. The van der Waals surface area contributed by atoms with E-state index in [1.807, 2.05) is 57.0 Å². The standard InChI is InChI=1S/C28H37N5O2Si/c1-17-21(22-16-30-33(7)18(22)2)15-29-25-23(17)24(26(31-25)36(8,9)10)19-12-11-13-20(14-19)32(6)27(34)35-28(3,4)5/h11-16H,1-10H3,(H,29,31). The molecule has 36 heavy (non-hydrogen) atoms. The van der Waals surface area contributed by atoms with Gasteiger partial charge in [-0.2, -0.15) is 5.10 Å². The van der Waals surface area contributed by atoms with Crippen LogP contribution in [-0.2, 0) is 11.8 Å². The Bertz CT molecular complexity index is 1450. The highest BCUT2D eigenvalue weighted by Crippen LogP contribution is 2.37. The summed E-state index contributed by atoms with van der Waals surface area (Å²) >= 11 is 0. The van der Waals surface area contributed by atoms with Crippen molar-refractivity contribution >= 4 is 36.2 Å². The number of benzene rings is 1. The first-order valence-electron chi connectivity index (χ1n) is 12.3. The van der Waals surface area contributed by atoms with Crippen molar-refractivity contribution in [1.29, 1.82) is 0 Å². The van der Waals surface area contributed by atoms with Crippen LogP contribution in [0.1, 0.15) is 32.0 Å². The number of aryl methyl sites for hydroxylation is 2. The highest BCUT2D eigenvalue weighted by molar-refractivity contribution is 6.89. The summed E-state index contributed by atoms with van der Waals surface area (Å²) in [5.74, 6) is 0. The maximum absolute atomic E-state index is 12.8. The first kappa shape index (κ1) is 25.7. The minimum atomic E-state index is -1.79. The number of rotatable bonds is 4. The number of aromatic nitrogens is 4. The molecule has 190 valence electrons. The smallest absolute Gasteiger partial charge is 0.414 e. The number of fused-ring (bicyclic) bond motifs is 1. The van der Waals surface area contributed by atoms with Crippen LogP contribution >= 0.6 is 0 Å². The van der Waals surface area contributed by atoms with Crippen LogP contribution in [0.3, 0.4) is 0 Å². The first-order valence-corrected chi connectivity index (χ1v) is 15.8. The molecule has 0 bridgehead atoms. The molecule has 0 saturated heterocycles. The largest absolute Gasteiger partial charge is 0.443 e. The molecule has 0 radical (unpaired) electrons. The summed E-state index contributed by atoms with van der Waals surface area (Å²) in [7, 11) is 1.92. The quantitative estimate of drug-likeness (QED) is 0.338. The molecule has 1 aromatic carbocycles. The van der Waals surface area contributed by atoms with Gasteiger partial charge in [0.15, 0.2) is 0 Å². The highest BCUT2D eigenvalue weighted by Gasteiger charge is 2.28. The van der Waals surface area contributed by atoms with Crippen LogP contribution in [0.4, 0.5) is 10.5 Å². The molecule has 0 aliphatic rings. The number of carbonyl (C=O) groups excluding carboxylic acids is 1. The number of pyridine rings is 1. The molecule has 0 fully saturated rings. The summed E-state index contributed by atoms with van der Waals surface area (Å²) in [5, 5.41) is 6.81. The summed E-state index contributed by atoms with van der Waals surface area (Å²) in [6, 6.07) is 8.11. The van der Waals surface area contributed by atoms with E-state index in [0.717, 1.165) is 50.2 Å². The number of aromatic amines is 1. The van der Waals surface area contributed by atoms with Gasteiger partial charge in [0.2, 0.25) is 0 Å². The lowest BCUT2D eigenvalue weighted by Crippen LogP contribution is -2.40. The maximum Gasteiger partial charge on any atom is 0.414 e. The average molecular weight is 504 g/mol. The third-order valence-corrected chi connectivity index (χ3v) is 8.42. The zero-order valence-corrected chi connectivity index (χ0v) is 24.1. The predicted molar refractivity (Wildman–Crippen MR) is 151 cm³/mol. The van der Waals surface area contributed by atoms with Crippen LogP contribution in [0, 0.1) is 13.8 Å². The molecule has 7 nitrogen and oxygen atoms in total. The van der Waals surface area contributed by atoms with Gasteiger partial charge in [-0.15, -0.1) is 0 Å². The molecule has 8 heteroatoms. The number of hydrogen-bond donors (Lipinski definition) is 1. The Morgan fingerprint density at radius 1 is 1.11 bits per heavy atom. The average Bonchev–Trinajstić information content (AvgIpc) is 3.34. The minimum absolute atomic E-state index is 0.379. The molecule has 0 atom stereocenters. The van der Waals surface area contributed by atoms with Gasteiger partial charge in [-0.05, 0) is 57.9 Å². The Hall–Kier alpha value is -3.39.